The molecule has 0 amide bonds. The standard InChI is InChI=1S/C12H21N3O/c1-4-12(3,9-16)15-11-6-10(14-5-2)7-13-8-11/h6-8,14-16H,4-5,9H2,1-3H3. The average Bonchev–Trinajstić information content (AvgIpc) is 2.30. The molecule has 90 valence electrons. The Bertz CT molecular complexity index is 324. The lowest BCUT2D eigenvalue weighted by Gasteiger charge is -2.28. The number of rotatable bonds is 6. The molecule has 0 fully saturated rings. The van der Waals surface area contributed by atoms with E-state index in [-0.39, 0.29) is 12.1 Å². The number of hydrogen-bond donors (Lipinski definition) is 3. The van der Waals surface area contributed by atoms with Crippen LogP contribution in [0, 0.1) is 0 Å². The number of aromatic nitrogens is 1. The molecule has 0 saturated carbocycles. The summed E-state index contributed by atoms with van der Waals surface area (Å²) in [6.07, 6.45) is 4.41. The number of hydrogen-bond acceptors (Lipinski definition) is 4. The molecule has 0 radical (unpaired) electrons. The predicted molar refractivity (Wildman–Crippen MR) is 67.8 cm³/mol. The smallest absolute Gasteiger partial charge is 0.0658 e. The van der Waals surface area contributed by atoms with Crippen LogP contribution in [0.15, 0.2) is 18.5 Å². The Hall–Kier alpha value is -1.29. The summed E-state index contributed by atoms with van der Waals surface area (Å²) in [4.78, 5) is 4.15. The van der Waals surface area contributed by atoms with Crippen LogP contribution in [-0.4, -0.2) is 28.8 Å². The zero-order valence-electron chi connectivity index (χ0n) is 10.2. The first-order chi connectivity index (χ1) is 7.63. The van der Waals surface area contributed by atoms with Crippen molar-refractivity contribution in [1.82, 2.24) is 4.98 Å². The Morgan fingerprint density at radius 2 is 2.00 bits per heavy atom. The summed E-state index contributed by atoms with van der Waals surface area (Å²) in [5.41, 5.74) is 1.63. The van der Waals surface area contributed by atoms with Gasteiger partial charge in [0.2, 0.25) is 0 Å². The van der Waals surface area contributed by atoms with Crippen LogP contribution in [0.4, 0.5) is 11.4 Å². The molecule has 0 aliphatic carbocycles. The Kier molecular flexibility index (Phi) is 4.55. The molecular weight excluding hydrogens is 202 g/mol. The second-order valence-corrected chi connectivity index (χ2v) is 4.19. The molecule has 0 aromatic carbocycles. The molecule has 4 nitrogen and oxygen atoms in total. The maximum absolute atomic E-state index is 9.32. The van der Waals surface area contributed by atoms with Crippen LogP contribution in [0.2, 0.25) is 0 Å². The number of aliphatic hydroxyl groups excluding tert-OH is 1. The number of aliphatic hydroxyl groups is 1. The van der Waals surface area contributed by atoms with Gasteiger partial charge in [-0.15, -0.1) is 0 Å². The fourth-order valence-corrected chi connectivity index (χ4v) is 1.40. The van der Waals surface area contributed by atoms with Gasteiger partial charge in [-0.2, -0.15) is 0 Å². The van der Waals surface area contributed by atoms with Crippen LogP contribution < -0.4 is 10.6 Å². The number of nitrogens with one attached hydrogen (secondary N) is 2. The SMILES string of the molecule is CCNc1cncc(NC(C)(CC)CO)c1. The highest BCUT2D eigenvalue weighted by atomic mass is 16.3. The highest BCUT2D eigenvalue weighted by Crippen LogP contribution is 2.19. The van der Waals surface area contributed by atoms with E-state index < -0.39 is 0 Å². The van der Waals surface area contributed by atoms with Gasteiger partial charge in [-0.05, 0) is 26.3 Å². The van der Waals surface area contributed by atoms with E-state index in [1.54, 1.807) is 12.4 Å². The summed E-state index contributed by atoms with van der Waals surface area (Å²) in [6.45, 7) is 7.06. The number of anilines is 2. The second kappa shape index (κ2) is 5.70. The van der Waals surface area contributed by atoms with E-state index in [2.05, 4.69) is 15.6 Å². The van der Waals surface area contributed by atoms with Crippen molar-refractivity contribution in [3.63, 3.8) is 0 Å². The predicted octanol–water partition coefficient (Wildman–Crippen LogP) is 2.09. The highest BCUT2D eigenvalue weighted by molar-refractivity contribution is 5.55. The minimum Gasteiger partial charge on any atom is -0.394 e. The largest absolute Gasteiger partial charge is 0.394 e. The van der Waals surface area contributed by atoms with Gasteiger partial charge in [0.15, 0.2) is 0 Å². The molecular formula is C12H21N3O. The van der Waals surface area contributed by atoms with E-state index in [9.17, 15) is 5.11 Å². The van der Waals surface area contributed by atoms with E-state index in [0.29, 0.717) is 0 Å². The lowest BCUT2D eigenvalue weighted by molar-refractivity contribution is 0.219. The monoisotopic (exact) mass is 223 g/mol. The lowest BCUT2D eigenvalue weighted by atomic mass is 10.00. The van der Waals surface area contributed by atoms with Gasteiger partial charge in [0.25, 0.3) is 0 Å². The van der Waals surface area contributed by atoms with E-state index in [1.165, 1.54) is 0 Å². The molecule has 1 atom stereocenters. The summed E-state index contributed by atoms with van der Waals surface area (Å²) in [5.74, 6) is 0. The Balaban J connectivity index is 2.76. The Labute approximate surface area is 97.1 Å². The second-order valence-electron chi connectivity index (χ2n) is 4.19. The third-order valence-corrected chi connectivity index (χ3v) is 2.69. The van der Waals surface area contributed by atoms with Gasteiger partial charge in [0.05, 0.1) is 35.9 Å². The van der Waals surface area contributed by atoms with Gasteiger partial charge in [0.1, 0.15) is 0 Å². The van der Waals surface area contributed by atoms with Gasteiger partial charge in [0, 0.05) is 6.54 Å². The minimum atomic E-state index is -0.285. The van der Waals surface area contributed by atoms with Crippen molar-refractivity contribution in [3.05, 3.63) is 18.5 Å². The fraction of sp³-hybridized carbons (Fsp3) is 0.583. The average molecular weight is 223 g/mol. The fourth-order valence-electron chi connectivity index (χ4n) is 1.40. The third-order valence-electron chi connectivity index (χ3n) is 2.69. The van der Waals surface area contributed by atoms with E-state index in [1.807, 2.05) is 26.8 Å². The molecule has 3 N–H and O–H groups in total. The van der Waals surface area contributed by atoms with Crippen molar-refractivity contribution < 1.29 is 5.11 Å². The molecule has 0 saturated heterocycles. The third kappa shape index (κ3) is 3.38. The number of nitrogens with zero attached hydrogens (tertiary/aromatic N) is 1. The normalized spacial score (nSPS) is 14.2. The molecule has 1 rings (SSSR count). The first kappa shape index (κ1) is 12.8. The van der Waals surface area contributed by atoms with Gasteiger partial charge in [-0.3, -0.25) is 4.98 Å². The summed E-state index contributed by atoms with van der Waals surface area (Å²) in [6, 6.07) is 2.00. The Morgan fingerprint density at radius 3 is 2.56 bits per heavy atom. The first-order valence-corrected chi connectivity index (χ1v) is 5.71. The molecule has 4 heteroatoms. The quantitative estimate of drug-likeness (QED) is 0.691. The van der Waals surface area contributed by atoms with Crippen molar-refractivity contribution in [3.8, 4) is 0 Å². The molecule has 0 aliphatic rings. The van der Waals surface area contributed by atoms with Gasteiger partial charge < -0.3 is 15.7 Å². The molecule has 1 aromatic rings. The van der Waals surface area contributed by atoms with Crippen molar-refractivity contribution in [2.45, 2.75) is 32.7 Å². The van der Waals surface area contributed by atoms with Crippen molar-refractivity contribution in [2.24, 2.45) is 0 Å². The molecule has 1 aromatic heterocycles. The molecule has 1 unspecified atom stereocenters. The summed E-state index contributed by atoms with van der Waals surface area (Å²) < 4.78 is 0. The summed E-state index contributed by atoms with van der Waals surface area (Å²) in [7, 11) is 0. The van der Waals surface area contributed by atoms with E-state index in [0.717, 1.165) is 24.3 Å². The number of pyridine rings is 1. The van der Waals surface area contributed by atoms with Gasteiger partial charge in [-0.25, -0.2) is 0 Å². The van der Waals surface area contributed by atoms with Gasteiger partial charge in [-0.1, -0.05) is 6.92 Å². The van der Waals surface area contributed by atoms with E-state index >= 15 is 0 Å². The van der Waals surface area contributed by atoms with Crippen molar-refractivity contribution in [2.75, 3.05) is 23.8 Å². The van der Waals surface area contributed by atoms with Crippen LogP contribution in [0.1, 0.15) is 27.2 Å². The molecule has 16 heavy (non-hydrogen) atoms. The topological polar surface area (TPSA) is 57.2 Å². The lowest BCUT2D eigenvalue weighted by Crippen LogP contribution is -2.37. The molecule has 1 heterocycles. The maximum Gasteiger partial charge on any atom is 0.0658 e. The maximum atomic E-state index is 9.32. The Morgan fingerprint density at radius 1 is 1.31 bits per heavy atom. The molecule has 0 spiro atoms. The van der Waals surface area contributed by atoms with Crippen molar-refractivity contribution in [1.29, 1.82) is 0 Å². The van der Waals surface area contributed by atoms with Crippen LogP contribution in [0.5, 0.6) is 0 Å². The van der Waals surface area contributed by atoms with Crippen LogP contribution >= 0.6 is 0 Å². The zero-order chi connectivity index (χ0) is 12.0. The zero-order valence-corrected chi connectivity index (χ0v) is 10.2. The van der Waals surface area contributed by atoms with Crippen LogP contribution in [0.3, 0.4) is 0 Å². The summed E-state index contributed by atoms with van der Waals surface area (Å²) in [5, 5.41) is 15.8. The highest BCUT2D eigenvalue weighted by Gasteiger charge is 2.20. The summed E-state index contributed by atoms with van der Waals surface area (Å²) >= 11 is 0. The van der Waals surface area contributed by atoms with Crippen LogP contribution in [-0.2, 0) is 0 Å². The van der Waals surface area contributed by atoms with Crippen molar-refractivity contribution >= 4 is 11.4 Å². The van der Waals surface area contributed by atoms with Gasteiger partial charge >= 0.3 is 0 Å². The first-order valence-electron chi connectivity index (χ1n) is 5.71. The minimum absolute atomic E-state index is 0.106. The van der Waals surface area contributed by atoms with E-state index in [4.69, 9.17) is 0 Å². The molecule has 0 aliphatic heterocycles. The van der Waals surface area contributed by atoms with Crippen LogP contribution in [0.25, 0.3) is 0 Å². The molecule has 0 bridgehead atoms.